The number of rotatable bonds is 1. The molecule has 1 aromatic carbocycles. The highest BCUT2D eigenvalue weighted by molar-refractivity contribution is 5.88. The molecule has 0 amide bonds. The van der Waals surface area contributed by atoms with Crippen LogP contribution in [0.2, 0.25) is 0 Å². The highest BCUT2D eigenvalue weighted by Crippen LogP contribution is 2.29. The molecule has 4 rings (SSSR count). The predicted molar refractivity (Wildman–Crippen MR) is 72.9 cm³/mol. The zero-order valence-corrected chi connectivity index (χ0v) is 10.5. The zero-order valence-electron chi connectivity index (χ0n) is 10.5. The van der Waals surface area contributed by atoms with Gasteiger partial charge in [-0.1, -0.05) is 6.07 Å². The Morgan fingerprint density at radius 3 is 3.22 bits per heavy atom. The quantitative estimate of drug-likeness (QED) is 0.829. The Kier molecular flexibility index (Phi) is 2.30. The van der Waals surface area contributed by atoms with E-state index >= 15 is 0 Å². The first-order valence-corrected chi connectivity index (χ1v) is 6.83. The smallest absolute Gasteiger partial charge is 0.112 e. The summed E-state index contributed by atoms with van der Waals surface area (Å²) in [6, 6.07) is 7.18. The molecule has 1 atom stereocenters. The fraction of sp³-hybridized carbons (Fsp3) is 0.500. The zero-order chi connectivity index (χ0) is 11.9. The Labute approximate surface area is 107 Å². The van der Waals surface area contributed by atoms with E-state index in [1.54, 1.807) is 6.33 Å². The van der Waals surface area contributed by atoms with Crippen molar-refractivity contribution in [3.63, 3.8) is 0 Å². The van der Waals surface area contributed by atoms with Gasteiger partial charge in [0.25, 0.3) is 0 Å². The van der Waals surface area contributed by atoms with Crippen molar-refractivity contribution < 1.29 is 0 Å². The monoisotopic (exact) mass is 242 g/mol. The van der Waals surface area contributed by atoms with Crippen molar-refractivity contribution >= 4 is 16.7 Å². The lowest BCUT2D eigenvalue weighted by Crippen LogP contribution is -2.50. The van der Waals surface area contributed by atoms with Crippen molar-refractivity contribution in [2.45, 2.75) is 18.9 Å². The second-order valence-corrected chi connectivity index (χ2v) is 5.35. The van der Waals surface area contributed by atoms with Crippen LogP contribution in [0.15, 0.2) is 24.5 Å². The van der Waals surface area contributed by atoms with Crippen LogP contribution in [0.3, 0.4) is 0 Å². The van der Waals surface area contributed by atoms with Crippen LogP contribution in [-0.2, 0) is 0 Å². The molecule has 4 nitrogen and oxygen atoms in total. The number of nitrogens with one attached hydrogen (secondary N) is 1. The first kappa shape index (κ1) is 10.4. The van der Waals surface area contributed by atoms with E-state index in [1.165, 1.54) is 31.6 Å². The lowest BCUT2D eigenvalue weighted by Gasteiger charge is -2.38. The molecule has 2 aliphatic rings. The van der Waals surface area contributed by atoms with Gasteiger partial charge in [-0.25, -0.2) is 4.98 Å². The van der Waals surface area contributed by atoms with Gasteiger partial charge in [-0.2, -0.15) is 0 Å². The number of hydrogen-bond acceptors (Lipinski definition) is 3. The summed E-state index contributed by atoms with van der Waals surface area (Å²) in [4.78, 5) is 12.8. The predicted octanol–water partition coefficient (Wildman–Crippen LogP) is 1.85. The molecule has 18 heavy (non-hydrogen) atoms. The number of imidazole rings is 1. The number of fused-ring (bicyclic) bond motifs is 2. The van der Waals surface area contributed by atoms with Crippen LogP contribution in [-0.4, -0.2) is 47.1 Å². The molecule has 2 fully saturated rings. The van der Waals surface area contributed by atoms with Crippen LogP contribution in [0.4, 0.5) is 5.69 Å². The molecular weight excluding hydrogens is 224 g/mol. The van der Waals surface area contributed by atoms with Crippen molar-refractivity contribution in [1.29, 1.82) is 0 Å². The van der Waals surface area contributed by atoms with E-state index in [4.69, 9.17) is 0 Å². The second kappa shape index (κ2) is 3.99. The van der Waals surface area contributed by atoms with Crippen molar-refractivity contribution in [3.05, 3.63) is 24.5 Å². The fourth-order valence-corrected chi connectivity index (χ4v) is 3.41. The van der Waals surface area contributed by atoms with Gasteiger partial charge >= 0.3 is 0 Å². The molecule has 94 valence electrons. The molecule has 0 bridgehead atoms. The van der Waals surface area contributed by atoms with Crippen molar-refractivity contribution in [2.24, 2.45) is 0 Å². The van der Waals surface area contributed by atoms with E-state index in [0.29, 0.717) is 0 Å². The van der Waals surface area contributed by atoms with Crippen LogP contribution in [0.5, 0.6) is 0 Å². The highest BCUT2D eigenvalue weighted by Gasteiger charge is 2.31. The third-order valence-electron chi connectivity index (χ3n) is 4.36. The summed E-state index contributed by atoms with van der Waals surface area (Å²) in [6.45, 7) is 4.78. The Bertz CT molecular complexity index is 562. The summed E-state index contributed by atoms with van der Waals surface area (Å²) in [5.74, 6) is 0. The number of aromatic amines is 1. The molecule has 0 unspecified atom stereocenters. The molecule has 0 radical (unpaired) electrons. The molecule has 4 heteroatoms. The van der Waals surface area contributed by atoms with Crippen molar-refractivity contribution in [3.8, 4) is 0 Å². The first-order valence-electron chi connectivity index (χ1n) is 6.83. The summed E-state index contributed by atoms with van der Waals surface area (Å²) < 4.78 is 0. The van der Waals surface area contributed by atoms with Gasteiger partial charge in [-0.15, -0.1) is 0 Å². The summed E-state index contributed by atoms with van der Waals surface area (Å²) in [6.07, 6.45) is 4.51. The number of nitrogens with zero attached hydrogens (tertiary/aromatic N) is 3. The van der Waals surface area contributed by atoms with E-state index < -0.39 is 0 Å². The number of H-pyrrole nitrogens is 1. The normalized spacial score (nSPS) is 24.7. The average Bonchev–Trinajstić information content (AvgIpc) is 3.05. The second-order valence-electron chi connectivity index (χ2n) is 5.35. The number of hydrogen-bond donors (Lipinski definition) is 1. The lowest BCUT2D eigenvalue weighted by atomic mass is 10.1. The third kappa shape index (κ3) is 1.52. The molecule has 2 aliphatic heterocycles. The van der Waals surface area contributed by atoms with Gasteiger partial charge < -0.3 is 9.88 Å². The minimum absolute atomic E-state index is 0.757. The van der Waals surface area contributed by atoms with Gasteiger partial charge in [0.15, 0.2) is 0 Å². The molecule has 2 aromatic rings. The maximum absolute atomic E-state index is 4.47. The third-order valence-corrected chi connectivity index (χ3v) is 4.36. The minimum Gasteiger partial charge on any atom is -0.367 e. The Hall–Kier alpha value is -1.55. The summed E-state index contributed by atoms with van der Waals surface area (Å²) in [7, 11) is 0. The molecule has 0 spiro atoms. The number of aromatic nitrogens is 2. The molecule has 1 aromatic heterocycles. The van der Waals surface area contributed by atoms with Gasteiger partial charge in [0.2, 0.25) is 0 Å². The highest BCUT2D eigenvalue weighted by atomic mass is 15.3. The molecule has 2 saturated heterocycles. The Morgan fingerprint density at radius 1 is 1.22 bits per heavy atom. The minimum atomic E-state index is 0.757. The number of piperazine rings is 1. The van der Waals surface area contributed by atoms with Gasteiger partial charge in [-0.3, -0.25) is 4.90 Å². The molecule has 0 aliphatic carbocycles. The van der Waals surface area contributed by atoms with Gasteiger partial charge in [0.1, 0.15) is 5.52 Å². The summed E-state index contributed by atoms with van der Waals surface area (Å²) >= 11 is 0. The molecule has 1 N–H and O–H groups in total. The number of para-hydroxylation sites is 1. The maximum atomic E-state index is 4.47. The molecular formula is C14H18N4. The van der Waals surface area contributed by atoms with E-state index in [-0.39, 0.29) is 0 Å². The summed E-state index contributed by atoms with van der Waals surface area (Å²) in [5.41, 5.74) is 3.55. The van der Waals surface area contributed by atoms with Crippen LogP contribution in [0, 0.1) is 0 Å². The maximum Gasteiger partial charge on any atom is 0.112 e. The SMILES string of the molecule is c1cc(N2CCN3CCC[C@@H]3C2)c2nc[nH]c2c1. The van der Waals surface area contributed by atoms with E-state index in [1.807, 2.05) is 0 Å². The standard InChI is InChI=1S/C14H18N4/c1-4-12-14(16-10-15-12)13(5-1)18-8-7-17-6-2-3-11(17)9-18/h1,4-5,10-11H,2-3,6-9H2,(H,15,16)/t11-/m1/s1. The number of anilines is 1. The number of benzene rings is 1. The van der Waals surface area contributed by atoms with Crippen molar-refractivity contribution in [2.75, 3.05) is 31.1 Å². The molecule has 3 heterocycles. The largest absolute Gasteiger partial charge is 0.367 e. The van der Waals surface area contributed by atoms with E-state index in [2.05, 4.69) is 38.0 Å². The van der Waals surface area contributed by atoms with Crippen LogP contribution in [0.25, 0.3) is 11.0 Å². The first-order chi connectivity index (χ1) is 8.92. The van der Waals surface area contributed by atoms with Gasteiger partial charge in [-0.05, 0) is 31.5 Å². The van der Waals surface area contributed by atoms with E-state index in [9.17, 15) is 0 Å². The van der Waals surface area contributed by atoms with Crippen LogP contribution in [0.1, 0.15) is 12.8 Å². The fourth-order valence-electron chi connectivity index (χ4n) is 3.41. The Morgan fingerprint density at radius 2 is 2.22 bits per heavy atom. The Balaban J connectivity index is 1.68. The topological polar surface area (TPSA) is 35.2 Å². The lowest BCUT2D eigenvalue weighted by molar-refractivity contribution is 0.231. The van der Waals surface area contributed by atoms with Crippen LogP contribution < -0.4 is 4.90 Å². The molecule has 0 saturated carbocycles. The van der Waals surface area contributed by atoms with Gasteiger partial charge in [0, 0.05) is 25.7 Å². The van der Waals surface area contributed by atoms with Crippen LogP contribution >= 0.6 is 0 Å². The van der Waals surface area contributed by atoms with Gasteiger partial charge in [0.05, 0.1) is 17.5 Å². The average molecular weight is 242 g/mol. The van der Waals surface area contributed by atoms with Crippen molar-refractivity contribution in [1.82, 2.24) is 14.9 Å². The summed E-state index contributed by atoms with van der Waals surface area (Å²) in [5, 5.41) is 0. The van der Waals surface area contributed by atoms with E-state index in [0.717, 1.165) is 30.2 Å².